The van der Waals surface area contributed by atoms with Crippen LogP contribution in [0.25, 0.3) is 0 Å². The van der Waals surface area contributed by atoms with Crippen molar-refractivity contribution in [2.75, 3.05) is 13.7 Å². The first-order valence-corrected chi connectivity index (χ1v) is 2.75. The van der Waals surface area contributed by atoms with E-state index in [1.807, 2.05) is 0 Å². The first-order chi connectivity index (χ1) is 4.70. The molecule has 0 radical (unpaired) electrons. The van der Waals surface area contributed by atoms with E-state index < -0.39 is 18.7 Å². The van der Waals surface area contributed by atoms with Crippen LogP contribution in [0.15, 0.2) is 12.2 Å². The summed E-state index contributed by atoms with van der Waals surface area (Å²) in [4.78, 5) is 10.3. The Labute approximate surface area is 58.7 Å². The van der Waals surface area contributed by atoms with Crippen molar-refractivity contribution in [1.82, 2.24) is 0 Å². The van der Waals surface area contributed by atoms with Crippen LogP contribution in [0.4, 0.5) is 0 Å². The summed E-state index contributed by atoms with van der Waals surface area (Å²) in [5.41, 5.74) is 0. The molecule has 0 aliphatic carbocycles. The highest BCUT2D eigenvalue weighted by atomic mass is 16.5. The Morgan fingerprint density at radius 1 is 1.80 bits per heavy atom. The monoisotopic (exact) mass is 146 g/mol. The molecule has 0 aliphatic heterocycles. The molecule has 0 aliphatic rings. The zero-order chi connectivity index (χ0) is 7.98. The number of hydrogen-bond donors (Lipinski definition) is 2. The first-order valence-electron chi connectivity index (χ1n) is 2.75. The van der Waals surface area contributed by atoms with Crippen molar-refractivity contribution in [3.63, 3.8) is 0 Å². The van der Waals surface area contributed by atoms with Gasteiger partial charge in [0.2, 0.25) is 0 Å². The predicted octanol–water partition coefficient (Wildman–Crippen LogP) is -0.931. The standard InChI is InChI=1S/C6H10O4/c1-10-6(9)3-2-5(8)4-7/h2-3,5,7-8H,4H2,1H3/b3-2+. The summed E-state index contributed by atoms with van der Waals surface area (Å²) >= 11 is 0. The molecule has 0 rings (SSSR count). The second-order valence-electron chi connectivity index (χ2n) is 1.63. The van der Waals surface area contributed by atoms with Crippen LogP contribution in [0, 0.1) is 0 Å². The van der Waals surface area contributed by atoms with Gasteiger partial charge in [0.25, 0.3) is 0 Å². The van der Waals surface area contributed by atoms with Gasteiger partial charge in [0.05, 0.1) is 19.8 Å². The fourth-order valence-corrected chi connectivity index (χ4v) is 0.319. The first kappa shape index (κ1) is 9.13. The molecule has 58 valence electrons. The summed E-state index contributed by atoms with van der Waals surface area (Å²) in [6, 6.07) is 0. The van der Waals surface area contributed by atoms with Gasteiger partial charge in [-0.25, -0.2) is 4.79 Å². The summed E-state index contributed by atoms with van der Waals surface area (Å²) in [5, 5.41) is 16.9. The lowest BCUT2D eigenvalue weighted by atomic mass is 10.3. The molecule has 0 heterocycles. The van der Waals surface area contributed by atoms with Crippen LogP contribution in [0.1, 0.15) is 0 Å². The van der Waals surface area contributed by atoms with Crippen molar-refractivity contribution >= 4 is 5.97 Å². The minimum Gasteiger partial charge on any atom is -0.466 e. The molecule has 0 amide bonds. The molecule has 0 spiro atoms. The molecule has 1 atom stereocenters. The average molecular weight is 146 g/mol. The number of ether oxygens (including phenoxy) is 1. The maximum absolute atomic E-state index is 10.3. The van der Waals surface area contributed by atoms with Gasteiger partial charge in [0.15, 0.2) is 0 Å². The van der Waals surface area contributed by atoms with Gasteiger partial charge in [-0.1, -0.05) is 0 Å². The van der Waals surface area contributed by atoms with Crippen molar-refractivity contribution in [3.05, 3.63) is 12.2 Å². The van der Waals surface area contributed by atoms with Gasteiger partial charge in [-0.2, -0.15) is 0 Å². The van der Waals surface area contributed by atoms with Crippen molar-refractivity contribution in [2.45, 2.75) is 6.10 Å². The van der Waals surface area contributed by atoms with Crippen LogP contribution < -0.4 is 0 Å². The molecule has 10 heavy (non-hydrogen) atoms. The van der Waals surface area contributed by atoms with Gasteiger partial charge in [0.1, 0.15) is 0 Å². The molecule has 0 aromatic heterocycles. The Hall–Kier alpha value is -0.870. The summed E-state index contributed by atoms with van der Waals surface area (Å²) in [6.45, 7) is -0.395. The average Bonchev–Trinajstić information content (AvgIpc) is 1.99. The molecular weight excluding hydrogens is 136 g/mol. The third-order valence-electron chi connectivity index (χ3n) is 0.843. The van der Waals surface area contributed by atoms with Gasteiger partial charge < -0.3 is 14.9 Å². The second-order valence-corrected chi connectivity index (χ2v) is 1.63. The molecule has 0 bridgehead atoms. The van der Waals surface area contributed by atoms with Gasteiger partial charge in [-0.3, -0.25) is 0 Å². The quantitative estimate of drug-likeness (QED) is 0.398. The minimum absolute atomic E-state index is 0.395. The molecule has 2 N–H and O–H groups in total. The maximum Gasteiger partial charge on any atom is 0.330 e. The largest absolute Gasteiger partial charge is 0.466 e. The van der Waals surface area contributed by atoms with Crippen molar-refractivity contribution in [3.8, 4) is 0 Å². The molecule has 0 saturated carbocycles. The van der Waals surface area contributed by atoms with E-state index in [2.05, 4.69) is 4.74 Å². The SMILES string of the molecule is COC(=O)/C=C/C(O)CO. The third-order valence-corrected chi connectivity index (χ3v) is 0.843. The van der Waals surface area contributed by atoms with Crippen LogP contribution >= 0.6 is 0 Å². The maximum atomic E-state index is 10.3. The highest BCUT2D eigenvalue weighted by molar-refractivity contribution is 5.81. The lowest BCUT2D eigenvalue weighted by molar-refractivity contribution is -0.134. The number of carbonyl (C=O) groups is 1. The number of hydrogen-bond acceptors (Lipinski definition) is 4. The van der Waals surface area contributed by atoms with Crippen LogP contribution in [-0.4, -0.2) is 36.0 Å². The number of carbonyl (C=O) groups excluding carboxylic acids is 1. The van der Waals surface area contributed by atoms with Gasteiger partial charge in [-0.15, -0.1) is 0 Å². The second kappa shape index (κ2) is 4.96. The van der Waals surface area contributed by atoms with E-state index in [-0.39, 0.29) is 0 Å². The van der Waals surface area contributed by atoms with E-state index in [0.717, 1.165) is 12.2 Å². The van der Waals surface area contributed by atoms with E-state index in [0.29, 0.717) is 0 Å². The topological polar surface area (TPSA) is 66.8 Å². The highest BCUT2D eigenvalue weighted by Crippen LogP contribution is 1.84. The van der Waals surface area contributed by atoms with Crippen molar-refractivity contribution < 1.29 is 19.7 Å². The number of rotatable bonds is 3. The summed E-state index contributed by atoms with van der Waals surface area (Å²) in [6.07, 6.45) is 1.23. The molecule has 4 heteroatoms. The van der Waals surface area contributed by atoms with Gasteiger partial charge in [-0.05, 0) is 6.08 Å². The van der Waals surface area contributed by atoms with Crippen LogP contribution in [0.5, 0.6) is 0 Å². The Kier molecular flexibility index (Phi) is 4.53. The van der Waals surface area contributed by atoms with E-state index in [4.69, 9.17) is 10.2 Å². The minimum atomic E-state index is -0.987. The van der Waals surface area contributed by atoms with E-state index >= 15 is 0 Å². The van der Waals surface area contributed by atoms with Crippen LogP contribution in [0.3, 0.4) is 0 Å². The molecule has 0 aromatic rings. The third kappa shape index (κ3) is 4.05. The molecule has 0 aromatic carbocycles. The summed E-state index contributed by atoms with van der Waals surface area (Å²) in [7, 11) is 1.23. The van der Waals surface area contributed by atoms with Crippen molar-refractivity contribution in [1.29, 1.82) is 0 Å². The summed E-state index contributed by atoms with van der Waals surface area (Å²) in [5.74, 6) is -0.549. The fraction of sp³-hybridized carbons (Fsp3) is 0.500. The van der Waals surface area contributed by atoms with E-state index in [9.17, 15) is 4.79 Å². The molecular formula is C6H10O4. The zero-order valence-electron chi connectivity index (χ0n) is 5.65. The number of esters is 1. The smallest absolute Gasteiger partial charge is 0.330 e. The Balaban J connectivity index is 3.63. The molecule has 0 saturated heterocycles. The fourth-order valence-electron chi connectivity index (χ4n) is 0.319. The molecule has 0 fully saturated rings. The molecule has 1 unspecified atom stereocenters. The number of methoxy groups -OCH3 is 1. The van der Waals surface area contributed by atoms with Crippen LogP contribution in [-0.2, 0) is 9.53 Å². The molecule has 4 nitrogen and oxygen atoms in total. The van der Waals surface area contributed by atoms with E-state index in [1.54, 1.807) is 0 Å². The lowest BCUT2D eigenvalue weighted by Crippen LogP contribution is -2.08. The van der Waals surface area contributed by atoms with Crippen molar-refractivity contribution in [2.24, 2.45) is 0 Å². The van der Waals surface area contributed by atoms with Gasteiger partial charge >= 0.3 is 5.97 Å². The number of aliphatic hydroxyl groups excluding tert-OH is 2. The Morgan fingerprint density at radius 2 is 2.40 bits per heavy atom. The number of aliphatic hydroxyl groups is 2. The highest BCUT2D eigenvalue weighted by Gasteiger charge is 1.96. The Morgan fingerprint density at radius 3 is 2.80 bits per heavy atom. The van der Waals surface area contributed by atoms with Crippen LogP contribution in [0.2, 0.25) is 0 Å². The summed E-state index contributed by atoms with van der Waals surface area (Å²) < 4.78 is 4.23. The predicted molar refractivity (Wildman–Crippen MR) is 34.2 cm³/mol. The van der Waals surface area contributed by atoms with Gasteiger partial charge in [0, 0.05) is 6.08 Å². The zero-order valence-corrected chi connectivity index (χ0v) is 5.65. The lowest BCUT2D eigenvalue weighted by Gasteiger charge is -1.96. The Bertz CT molecular complexity index is 130. The normalized spacial score (nSPS) is 13.5. The van der Waals surface area contributed by atoms with E-state index in [1.165, 1.54) is 7.11 Å².